The Bertz CT molecular complexity index is 1600. The van der Waals surface area contributed by atoms with Crippen LogP contribution >= 0.6 is 0 Å². The minimum Gasteiger partial charge on any atom is -0.493 e. The van der Waals surface area contributed by atoms with Crippen molar-refractivity contribution in [3.63, 3.8) is 0 Å². The molecule has 1 heterocycles. The van der Waals surface area contributed by atoms with Crippen molar-refractivity contribution in [3.8, 4) is 28.4 Å². The second-order valence-electron chi connectivity index (χ2n) is 10.9. The lowest BCUT2D eigenvalue weighted by Gasteiger charge is -2.35. The number of halogens is 1. The van der Waals surface area contributed by atoms with Gasteiger partial charge in [0.25, 0.3) is 5.91 Å². The summed E-state index contributed by atoms with van der Waals surface area (Å²) >= 11 is 0. The number of hydrogen-bond donors (Lipinski definition) is 1. The van der Waals surface area contributed by atoms with E-state index in [1.165, 1.54) is 27.4 Å². The largest absolute Gasteiger partial charge is 0.493 e. The van der Waals surface area contributed by atoms with Gasteiger partial charge < -0.3 is 24.4 Å². The van der Waals surface area contributed by atoms with Crippen molar-refractivity contribution in [2.45, 2.75) is 19.5 Å². The van der Waals surface area contributed by atoms with Gasteiger partial charge in [0.15, 0.2) is 11.5 Å². The van der Waals surface area contributed by atoms with E-state index in [-0.39, 0.29) is 24.1 Å². The summed E-state index contributed by atoms with van der Waals surface area (Å²) in [5, 5.41) is 2.93. The van der Waals surface area contributed by atoms with E-state index in [1.807, 2.05) is 53.4 Å². The molecule has 0 spiro atoms. The molecule has 5 rings (SSSR count). The number of benzene rings is 4. The number of rotatable bonds is 11. The van der Waals surface area contributed by atoms with Gasteiger partial charge in [0.05, 0.1) is 27.8 Å². The molecule has 0 atom stereocenters. The normalized spacial score (nSPS) is 13.3. The lowest BCUT2D eigenvalue weighted by molar-refractivity contribution is -0.120. The average Bonchev–Trinajstić information content (AvgIpc) is 3.08. The van der Waals surface area contributed by atoms with E-state index >= 15 is 0 Å². The molecule has 0 unspecified atom stereocenters. The topological polar surface area (TPSA) is 80.3 Å². The summed E-state index contributed by atoms with van der Waals surface area (Å²) in [6.07, 6.45) is 0.143. The molecule has 1 aliphatic heterocycles. The second kappa shape index (κ2) is 14.7. The third-order valence-corrected chi connectivity index (χ3v) is 8.02. The van der Waals surface area contributed by atoms with Crippen LogP contribution in [0.3, 0.4) is 0 Å². The molecule has 0 bridgehead atoms. The van der Waals surface area contributed by atoms with Crippen LogP contribution in [0.15, 0.2) is 84.9 Å². The molecule has 9 heteroatoms. The SMILES string of the molecule is COc1cc(CC(=O)NCc2ccc(C(=O)N3CCN(Cc4c(F)cccc4-c4ccccc4)CC3)cc2)cc(OC)c1OC. The van der Waals surface area contributed by atoms with E-state index in [9.17, 15) is 14.0 Å². The summed E-state index contributed by atoms with van der Waals surface area (Å²) in [6, 6.07) is 25.9. The molecule has 4 aromatic carbocycles. The Morgan fingerprint density at radius 3 is 2.07 bits per heavy atom. The predicted octanol–water partition coefficient (Wildman–Crippen LogP) is 5.34. The number of piperazine rings is 1. The maximum absolute atomic E-state index is 14.9. The fourth-order valence-electron chi connectivity index (χ4n) is 5.57. The smallest absolute Gasteiger partial charge is 0.253 e. The van der Waals surface area contributed by atoms with Crippen LogP contribution in [0.5, 0.6) is 17.2 Å². The van der Waals surface area contributed by atoms with Gasteiger partial charge >= 0.3 is 0 Å². The molecule has 1 N–H and O–H groups in total. The van der Waals surface area contributed by atoms with Crippen molar-refractivity contribution < 1.29 is 28.2 Å². The van der Waals surface area contributed by atoms with Crippen LogP contribution in [-0.4, -0.2) is 69.1 Å². The van der Waals surface area contributed by atoms with Crippen LogP contribution in [0.1, 0.15) is 27.0 Å². The zero-order valence-electron chi connectivity index (χ0n) is 25.8. The van der Waals surface area contributed by atoms with Gasteiger partial charge in [0, 0.05) is 50.4 Å². The highest BCUT2D eigenvalue weighted by molar-refractivity contribution is 5.94. The van der Waals surface area contributed by atoms with E-state index in [1.54, 1.807) is 30.3 Å². The summed E-state index contributed by atoms with van der Waals surface area (Å²) in [4.78, 5) is 29.9. The summed E-state index contributed by atoms with van der Waals surface area (Å²) < 4.78 is 31.0. The number of nitrogens with one attached hydrogen (secondary N) is 1. The highest BCUT2D eigenvalue weighted by Gasteiger charge is 2.24. The molecule has 234 valence electrons. The molecule has 8 nitrogen and oxygen atoms in total. The monoisotopic (exact) mass is 611 g/mol. The first-order chi connectivity index (χ1) is 21.9. The highest BCUT2D eigenvalue weighted by Crippen LogP contribution is 2.38. The summed E-state index contributed by atoms with van der Waals surface area (Å²) in [6.45, 7) is 3.25. The fraction of sp³-hybridized carbons (Fsp3) is 0.278. The number of carbonyl (C=O) groups is 2. The fourth-order valence-corrected chi connectivity index (χ4v) is 5.57. The number of methoxy groups -OCH3 is 3. The lowest BCUT2D eigenvalue weighted by Crippen LogP contribution is -2.48. The third-order valence-electron chi connectivity index (χ3n) is 8.02. The molecule has 1 saturated heterocycles. The zero-order chi connectivity index (χ0) is 31.8. The van der Waals surface area contributed by atoms with Gasteiger partial charge in [-0.3, -0.25) is 14.5 Å². The van der Waals surface area contributed by atoms with Crippen molar-refractivity contribution in [1.82, 2.24) is 15.1 Å². The van der Waals surface area contributed by atoms with E-state index in [2.05, 4.69) is 10.2 Å². The molecule has 45 heavy (non-hydrogen) atoms. The lowest BCUT2D eigenvalue weighted by atomic mass is 9.98. The first-order valence-corrected chi connectivity index (χ1v) is 14.9. The van der Waals surface area contributed by atoms with E-state index in [0.717, 1.165) is 22.3 Å². The van der Waals surface area contributed by atoms with Gasteiger partial charge in [-0.1, -0.05) is 54.6 Å². The van der Waals surface area contributed by atoms with Gasteiger partial charge in [-0.25, -0.2) is 4.39 Å². The number of carbonyl (C=O) groups excluding carboxylic acids is 2. The molecule has 4 aromatic rings. The third kappa shape index (κ3) is 7.61. The van der Waals surface area contributed by atoms with Crippen molar-refractivity contribution in [1.29, 1.82) is 0 Å². The minimum atomic E-state index is -0.215. The summed E-state index contributed by atoms with van der Waals surface area (Å²) in [5.41, 5.74) is 4.77. The van der Waals surface area contributed by atoms with Crippen LogP contribution in [0, 0.1) is 5.82 Å². The molecule has 0 aliphatic carbocycles. The molecular weight excluding hydrogens is 573 g/mol. The number of ether oxygens (including phenoxy) is 3. The Labute approximate surface area is 263 Å². The first-order valence-electron chi connectivity index (χ1n) is 14.9. The van der Waals surface area contributed by atoms with E-state index < -0.39 is 0 Å². The standard InChI is InChI=1S/C36H38FN3O5/c1-43-32-20-26(21-33(44-2)35(32)45-3)22-34(41)38-23-25-12-14-28(15-13-25)36(42)40-18-16-39(17-19-40)24-30-29(10-7-11-31(30)37)27-8-5-4-6-9-27/h4-15,20-21H,16-19,22-24H2,1-3H3,(H,38,41). The Morgan fingerprint density at radius 2 is 1.44 bits per heavy atom. The molecule has 0 radical (unpaired) electrons. The summed E-state index contributed by atoms with van der Waals surface area (Å²) in [7, 11) is 4.60. The van der Waals surface area contributed by atoms with E-state index in [0.29, 0.717) is 67.6 Å². The van der Waals surface area contributed by atoms with Gasteiger partial charge in [0.2, 0.25) is 11.7 Å². The maximum atomic E-state index is 14.9. The van der Waals surface area contributed by atoms with Crippen LogP contribution in [-0.2, 0) is 24.3 Å². The quantitative estimate of drug-likeness (QED) is 0.247. The van der Waals surface area contributed by atoms with Crippen LogP contribution in [0.2, 0.25) is 0 Å². The molecule has 1 fully saturated rings. The van der Waals surface area contributed by atoms with Crippen LogP contribution < -0.4 is 19.5 Å². The van der Waals surface area contributed by atoms with Crippen molar-refractivity contribution in [2.75, 3.05) is 47.5 Å². The second-order valence-corrected chi connectivity index (χ2v) is 10.9. The summed E-state index contributed by atoms with van der Waals surface area (Å²) in [5.74, 6) is 1.04. The van der Waals surface area contributed by atoms with E-state index in [4.69, 9.17) is 14.2 Å². The van der Waals surface area contributed by atoms with Crippen molar-refractivity contribution in [2.24, 2.45) is 0 Å². The minimum absolute atomic E-state index is 0.0384. The van der Waals surface area contributed by atoms with Gasteiger partial charge in [-0.15, -0.1) is 0 Å². The predicted molar refractivity (Wildman–Crippen MR) is 171 cm³/mol. The Kier molecular flexibility index (Phi) is 10.3. The average molecular weight is 612 g/mol. The molecule has 0 aromatic heterocycles. The van der Waals surface area contributed by atoms with Gasteiger partial charge in [0.1, 0.15) is 5.82 Å². The molecular formula is C36H38FN3O5. The van der Waals surface area contributed by atoms with Crippen LogP contribution in [0.4, 0.5) is 4.39 Å². The Morgan fingerprint density at radius 1 is 0.778 bits per heavy atom. The Balaban J connectivity index is 1.12. The highest BCUT2D eigenvalue weighted by atomic mass is 19.1. The number of hydrogen-bond acceptors (Lipinski definition) is 6. The molecule has 2 amide bonds. The number of amides is 2. The van der Waals surface area contributed by atoms with Crippen LogP contribution in [0.25, 0.3) is 11.1 Å². The molecule has 1 aliphatic rings. The van der Waals surface area contributed by atoms with Crippen molar-refractivity contribution in [3.05, 3.63) is 113 Å². The molecule has 0 saturated carbocycles. The first kappa shape index (κ1) is 31.5. The maximum Gasteiger partial charge on any atom is 0.253 e. The van der Waals surface area contributed by atoms with Gasteiger partial charge in [-0.05, 0) is 52.6 Å². The Hall–Kier alpha value is -4.89. The number of nitrogens with zero attached hydrogens (tertiary/aromatic N) is 2. The van der Waals surface area contributed by atoms with Crippen molar-refractivity contribution >= 4 is 11.8 Å². The van der Waals surface area contributed by atoms with Gasteiger partial charge in [-0.2, -0.15) is 0 Å². The zero-order valence-corrected chi connectivity index (χ0v) is 25.8.